The van der Waals surface area contributed by atoms with E-state index in [9.17, 15) is 24.3 Å². The van der Waals surface area contributed by atoms with Crippen LogP contribution in [-0.4, -0.2) is 47.5 Å². The first-order chi connectivity index (χ1) is 16.3. The number of nitrogens with zero attached hydrogens (tertiary/aromatic N) is 1. The van der Waals surface area contributed by atoms with Crippen LogP contribution in [0, 0.1) is 0 Å². The van der Waals surface area contributed by atoms with Crippen molar-refractivity contribution in [2.24, 2.45) is 0 Å². The molecule has 1 aliphatic rings. The lowest BCUT2D eigenvalue weighted by atomic mass is 10.1. The maximum atomic E-state index is 12.7. The number of carboxylic acids is 1. The minimum absolute atomic E-state index is 0.0509. The van der Waals surface area contributed by atoms with Crippen LogP contribution in [-0.2, 0) is 9.59 Å². The van der Waals surface area contributed by atoms with Gasteiger partial charge in [0, 0.05) is 15.4 Å². The number of rotatable bonds is 7. The summed E-state index contributed by atoms with van der Waals surface area (Å²) < 4.78 is 5.06. The first kappa shape index (κ1) is 22.7. The van der Waals surface area contributed by atoms with Crippen LogP contribution < -0.4 is 15.4 Å². The molecular formula is C24H19N3O6S. The SMILES string of the molecule is COc1ccc(NC(=O)CN2C(=O)N/C(=C\c3ccc(-c4cccc(C(=O)O)c4)s3)C2=O)cc1. The van der Waals surface area contributed by atoms with E-state index in [1.165, 1.54) is 30.6 Å². The van der Waals surface area contributed by atoms with Crippen LogP contribution in [0.5, 0.6) is 5.75 Å². The van der Waals surface area contributed by atoms with Crippen LogP contribution >= 0.6 is 11.3 Å². The molecule has 1 aliphatic heterocycles. The van der Waals surface area contributed by atoms with Crippen LogP contribution in [0.3, 0.4) is 0 Å². The summed E-state index contributed by atoms with van der Waals surface area (Å²) in [5.74, 6) is -1.52. The number of imide groups is 1. The number of benzene rings is 2. The Balaban J connectivity index is 1.44. The molecule has 172 valence electrons. The third kappa shape index (κ3) is 4.97. The van der Waals surface area contributed by atoms with Gasteiger partial charge in [0.25, 0.3) is 5.91 Å². The summed E-state index contributed by atoms with van der Waals surface area (Å²) in [7, 11) is 1.53. The van der Waals surface area contributed by atoms with Crippen molar-refractivity contribution in [2.45, 2.75) is 0 Å². The average Bonchev–Trinajstić information content (AvgIpc) is 3.40. The van der Waals surface area contributed by atoms with E-state index in [0.29, 0.717) is 16.3 Å². The Hall–Kier alpha value is -4.44. The molecule has 34 heavy (non-hydrogen) atoms. The third-order valence-electron chi connectivity index (χ3n) is 4.95. The number of carbonyl (C=O) groups excluding carboxylic acids is 3. The summed E-state index contributed by atoms with van der Waals surface area (Å²) in [5, 5.41) is 14.3. The maximum absolute atomic E-state index is 12.7. The molecule has 10 heteroatoms. The van der Waals surface area contributed by atoms with Crippen molar-refractivity contribution >= 4 is 46.9 Å². The molecule has 1 aromatic heterocycles. The fourth-order valence-electron chi connectivity index (χ4n) is 3.27. The maximum Gasteiger partial charge on any atom is 0.335 e. The Morgan fingerprint density at radius 3 is 2.59 bits per heavy atom. The second-order valence-corrected chi connectivity index (χ2v) is 8.36. The van der Waals surface area contributed by atoms with Crippen molar-refractivity contribution in [1.82, 2.24) is 10.2 Å². The summed E-state index contributed by atoms with van der Waals surface area (Å²) in [5.41, 5.74) is 1.46. The summed E-state index contributed by atoms with van der Waals surface area (Å²) >= 11 is 1.34. The first-order valence-corrected chi connectivity index (χ1v) is 10.9. The number of hydrogen-bond acceptors (Lipinski definition) is 6. The van der Waals surface area contributed by atoms with Gasteiger partial charge in [-0.3, -0.25) is 9.59 Å². The highest BCUT2D eigenvalue weighted by atomic mass is 32.1. The number of methoxy groups -OCH3 is 1. The van der Waals surface area contributed by atoms with E-state index in [4.69, 9.17) is 4.74 Å². The van der Waals surface area contributed by atoms with E-state index in [2.05, 4.69) is 10.6 Å². The molecule has 0 saturated carbocycles. The standard InChI is InChI=1S/C24H19N3O6S/c1-33-17-7-5-16(6-8-17)25-21(28)13-27-22(29)19(26-24(27)32)12-18-9-10-20(34-18)14-3-2-4-15(11-14)23(30)31/h2-12H,13H2,1H3,(H,25,28)(H,26,32)(H,30,31)/b19-12-. The number of nitrogens with one attached hydrogen (secondary N) is 2. The highest BCUT2D eigenvalue weighted by Crippen LogP contribution is 2.30. The quantitative estimate of drug-likeness (QED) is 0.352. The van der Waals surface area contributed by atoms with E-state index >= 15 is 0 Å². The number of carbonyl (C=O) groups is 4. The van der Waals surface area contributed by atoms with Gasteiger partial charge >= 0.3 is 12.0 Å². The van der Waals surface area contributed by atoms with Crippen molar-refractivity contribution in [3.63, 3.8) is 0 Å². The number of hydrogen-bond donors (Lipinski definition) is 3. The zero-order valence-electron chi connectivity index (χ0n) is 17.9. The lowest BCUT2D eigenvalue weighted by Crippen LogP contribution is -2.38. The lowest BCUT2D eigenvalue weighted by molar-refractivity contribution is -0.127. The van der Waals surface area contributed by atoms with E-state index in [1.807, 2.05) is 0 Å². The second kappa shape index (κ2) is 9.59. The minimum atomic E-state index is -1.02. The minimum Gasteiger partial charge on any atom is -0.497 e. The van der Waals surface area contributed by atoms with Gasteiger partial charge in [0.05, 0.1) is 12.7 Å². The number of amides is 4. The Morgan fingerprint density at radius 1 is 1.12 bits per heavy atom. The van der Waals surface area contributed by atoms with Crippen molar-refractivity contribution in [3.8, 4) is 16.2 Å². The van der Waals surface area contributed by atoms with Crippen LogP contribution in [0.2, 0.25) is 0 Å². The van der Waals surface area contributed by atoms with E-state index < -0.39 is 30.4 Å². The molecule has 3 N–H and O–H groups in total. The zero-order valence-corrected chi connectivity index (χ0v) is 18.7. The Morgan fingerprint density at radius 2 is 1.88 bits per heavy atom. The van der Waals surface area contributed by atoms with Gasteiger partial charge in [0.15, 0.2) is 0 Å². The van der Waals surface area contributed by atoms with Crippen molar-refractivity contribution in [3.05, 3.63) is 76.8 Å². The van der Waals surface area contributed by atoms with Crippen molar-refractivity contribution in [2.75, 3.05) is 19.0 Å². The average molecular weight is 477 g/mol. The fourth-order valence-corrected chi connectivity index (χ4v) is 4.21. The number of aromatic carboxylic acids is 1. The lowest BCUT2D eigenvalue weighted by Gasteiger charge is -2.12. The van der Waals surface area contributed by atoms with Crippen molar-refractivity contribution in [1.29, 1.82) is 0 Å². The monoisotopic (exact) mass is 477 g/mol. The summed E-state index contributed by atoms with van der Waals surface area (Å²) in [4.78, 5) is 50.9. The predicted octanol–water partition coefficient (Wildman–Crippen LogP) is 3.65. The molecule has 0 bridgehead atoms. The van der Waals surface area contributed by atoms with Gasteiger partial charge in [0.1, 0.15) is 18.0 Å². The smallest absolute Gasteiger partial charge is 0.335 e. The molecule has 9 nitrogen and oxygen atoms in total. The predicted molar refractivity (Wildman–Crippen MR) is 127 cm³/mol. The third-order valence-corrected chi connectivity index (χ3v) is 6.03. The van der Waals surface area contributed by atoms with E-state index in [1.54, 1.807) is 54.6 Å². The Bertz CT molecular complexity index is 1310. The van der Waals surface area contributed by atoms with Gasteiger partial charge < -0.3 is 20.5 Å². The summed E-state index contributed by atoms with van der Waals surface area (Å²) in [6.07, 6.45) is 1.52. The topological polar surface area (TPSA) is 125 Å². The summed E-state index contributed by atoms with van der Waals surface area (Å²) in [6.45, 7) is -0.439. The summed E-state index contributed by atoms with van der Waals surface area (Å²) in [6, 6.07) is 16.1. The van der Waals surface area contributed by atoms with Gasteiger partial charge in [0.2, 0.25) is 5.91 Å². The molecule has 0 atom stereocenters. The number of ether oxygens (including phenoxy) is 1. The highest BCUT2D eigenvalue weighted by Gasteiger charge is 2.35. The van der Waals surface area contributed by atoms with Crippen LogP contribution in [0.4, 0.5) is 10.5 Å². The molecular weight excluding hydrogens is 458 g/mol. The zero-order chi connectivity index (χ0) is 24.2. The van der Waals surface area contributed by atoms with Gasteiger partial charge in [-0.2, -0.15) is 0 Å². The molecule has 1 fully saturated rings. The number of carboxylic acid groups (broad SMARTS) is 1. The fraction of sp³-hybridized carbons (Fsp3) is 0.0833. The second-order valence-electron chi connectivity index (χ2n) is 7.24. The van der Waals surface area contributed by atoms with Gasteiger partial charge in [-0.1, -0.05) is 12.1 Å². The molecule has 2 aromatic carbocycles. The largest absolute Gasteiger partial charge is 0.497 e. The van der Waals surface area contributed by atoms with Gasteiger partial charge in [-0.25, -0.2) is 14.5 Å². The van der Waals surface area contributed by atoms with Gasteiger partial charge in [-0.15, -0.1) is 11.3 Å². The molecule has 2 heterocycles. The van der Waals surface area contributed by atoms with Crippen LogP contribution in [0.25, 0.3) is 16.5 Å². The molecule has 0 spiro atoms. The number of urea groups is 1. The number of anilines is 1. The first-order valence-electron chi connectivity index (χ1n) is 10.1. The normalized spacial score (nSPS) is 14.3. The molecule has 0 radical (unpaired) electrons. The molecule has 0 unspecified atom stereocenters. The van der Waals surface area contributed by atoms with E-state index in [0.717, 1.165) is 15.3 Å². The van der Waals surface area contributed by atoms with E-state index in [-0.39, 0.29) is 11.3 Å². The molecule has 4 amide bonds. The molecule has 0 aliphatic carbocycles. The van der Waals surface area contributed by atoms with Gasteiger partial charge in [-0.05, 0) is 60.2 Å². The van der Waals surface area contributed by atoms with Crippen LogP contribution in [0.15, 0.2) is 66.4 Å². The Labute approximate surface area is 198 Å². The highest BCUT2D eigenvalue weighted by molar-refractivity contribution is 7.16. The van der Waals surface area contributed by atoms with Crippen molar-refractivity contribution < 1.29 is 29.0 Å². The molecule has 1 saturated heterocycles. The number of thiophene rings is 1. The molecule has 4 rings (SSSR count). The van der Waals surface area contributed by atoms with Crippen LogP contribution in [0.1, 0.15) is 15.2 Å². The Kier molecular flexibility index (Phi) is 6.42. The molecule has 3 aromatic rings.